The molecule has 2 N–H and O–H groups in total. The van der Waals surface area contributed by atoms with Crippen molar-refractivity contribution < 1.29 is 9.59 Å². The summed E-state index contributed by atoms with van der Waals surface area (Å²) in [5.74, 6) is 1.89. The van der Waals surface area contributed by atoms with E-state index < -0.39 is 0 Å². The van der Waals surface area contributed by atoms with Crippen LogP contribution < -0.4 is 5.73 Å². The van der Waals surface area contributed by atoms with Gasteiger partial charge in [0, 0.05) is 44.1 Å². The van der Waals surface area contributed by atoms with E-state index in [1.54, 1.807) is 0 Å². The first-order valence-electron chi connectivity index (χ1n) is 10.2. The average molecular weight is 350 g/mol. The normalized spacial score (nSPS) is 33.4. The molecule has 2 saturated carbocycles. The maximum absolute atomic E-state index is 13.0. The molecule has 2 amide bonds. The summed E-state index contributed by atoms with van der Waals surface area (Å²) in [6.45, 7) is 5.56. The monoisotopic (exact) mass is 349 g/mol. The second-order valence-electron chi connectivity index (χ2n) is 8.84. The molecule has 142 valence electrons. The van der Waals surface area contributed by atoms with Crippen molar-refractivity contribution in [2.75, 3.05) is 20.1 Å². The Balaban J connectivity index is 1.53. The topological polar surface area (TPSA) is 66.6 Å². The van der Waals surface area contributed by atoms with Gasteiger partial charge in [0.1, 0.15) is 0 Å². The van der Waals surface area contributed by atoms with Gasteiger partial charge in [0.05, 0.1) is 0 Å². The van der Waals surface area contributed by atoms with Gasteiger partial charge in [-0.3, -0.25) is 9.59 Å². The van der Waals surface area contributed by atoms with Gasteiger partial charge in [-0.1, -0.05) is 6.42 Å². The largest absolute Gasteiger partial charge is 0.343 e. The standard InChI is InChI=1S/C20H35N3O2/c1-13(2)22(3)19(24)14-7-9-23(10-8-14)20(25)17-11-15-5-4-6-16(12-17)18(15)21/h13-18H,4-12,21H2,1-3H3. The van der Waals surface area contributed by atoms with Gasteiger partial charge in [-0.15, -0.1) is 0 Å². The van der Waals surface area contributed by atoms with Crippen LogP contribution in [-0.2, 0) is 9.59 Å². The Morgan fingerprint density at radius 1 is 1.00 bits per heavy atom. The fourth-order valence-electron chi connectivity index (χ4n) is 5.14. The maximum atomic E-state index is 13.0. The van der Waals surface area contributed by atoms with Crippen molar-refractivity contribution in [1.82, 2.24) is 9.80 Å². The highest BCUT2D eigenvalue weighted by molar-refractivity contribution is 5.81. The van der Waals surface area contributed by atoms with Crippen LogP contribution in [0.5, 0.6) is 0 Å². The SMILES string of the molecule is CC(C)N(C)C(=O)C1CCN(C(=O)C2CC3CCCC(C2)C3N)CC1. The lowest BCUT2D eigenvalue weighted by atomic mass is 9.65. The molecule has 1 aliphatic heterocycles. The summed E-state index contributed by atoms with van der Waals surface area (Å²) in [7, 11) is 1.88. The maximum Gasteiger partial charge on any atom is 0.225 e. The van der Waals surface area contributed by atoms with Crippen LogP contribution >= 0.6 is 0 Å². The summed E-state index contributed by atoms with van der Waals surface area (Å²) in [5, 5.41) is 0. The third kappa shape index (κ3) is 3.86. The summed E-state index contributed by atoms with van der Waals surface area (Å²) >= 11 is 0. The highest BCUT2D eigenvalue weighted by atomic mass is 16.2. The van der Waals surface area contributed by atoms with Gasteiger partial charge in [-0.05, 0) is 64.2 Å². The second-order valence-corrected chi connectivity index (χ2v) is 8.84. The predicted octanol–water partition coefficient (Wildman–Crippen LogP) is 2.25. The number of carbonyl (C=O) groups is 2. The Hall–Kier alpha value is -1.10. The molecule has 0 radical (unpaired) electrons. The molecule has 3 rings (SSSR count). The molecule has 1 heterocycles. The Labute approximate surface area is 152 Å². The third-order valence-electron chi connectivity index (χ3n) is 7.04. The molecule has 0 aromatic carbocycles. The zero-order valence-corrected chi connectivity index (χ0v) is 16.1. The molecule has 5 heteroatoms. The van der Waals surface area contributed by atoms with Crippen LogP contribution in [-0.4, -0.2) is 53.8 Å². The van der Waals surface area contributed by atoms with Gasteiger partial charge < -0.3 is 15.5 Å². The number of likely N-dealkylation sites (tertiary alicyclic amines) is 1. The zero-order chi connectivity index (χ0) is 18.1. The van der Waals surface area contributed by atoms with Gasteiger partial charge in [-0.2, -0.15) is 0 Å². The minimum Gasteiger partial charge on any atom is -0.343 e. The molecule has 5 nitrogen and oxygen atoms in total. The molecule has 2 bridgehead atoms. The molecular weight excluding hydrogens is 314 g/mol. The summed E-state index contributed by atoms with van der Waals surface area (Å²) in [5.41, 5.74) is 6.36. The Morgan fingerprint density at radius 2 is 1.56 bits per heavy atom. The number of amides is 2. The first kappa shape index (κ1) is 18.7. The van der Waals surface area contributed by atoms with Crippen LogP contribution in [0.3, 0.4) is 0 Å². The molecule has 0 aromatic rings. The van der Waals surface area contributed by atoms with Crippen LogP contribution in [0.1, 0.15) is 58.8 Å². The fraction of sp³-hybridized carbons (Fsp3) is 0.900. The molecule has 3 fully saturated rings. The lowest BCUT2D eigenvalue weighted by Crippen LogP contribution is -2.51. The van der Waals surface area contributed by atoms with E-state index in [1.165, 1.54) is 19.3 Å². The van der Waals surface area contributed by atoms with Crippen molar-refractivity contribution in [3.8, 4) is 0 Å². The molecule has 2 unspecified atom stereocenters. The van der Waals surface area contributed by atoms with Gasteiger partial charge in [0.2, 0.25) is 11.8 Å². The first-order valence-corrected chi connectivity index (χ1v) is 10.2. The smallest absolute Gasteiger partial charge is 0.225 e. The number of hydrogen-bond acceptors (Lipinski definition) is 3. The van der Waals surface area contributed by atoms with E-state index in [0.717, 1.165) is 38.8 Å². The first-order chi connectivity index (χ1) is 11.9. The van der Waals surface area contributed by atoms with Crippen LogP contribution in [0.25, 0.3) is 0 Å². The summed E-state index contributed by atoms with van der Waals surface area (Å²) in [6, 6.07) is 0.547. The summed E-state index contributed by atoms with van der Waals surface area (Å²) < 4.78 is 0. The lowest BCUT2D eigenvalue weighted by molar-refractivity contribution is -0.144. The van der Waals surface area contributed by atoms with E-state index in [9.17, 15) is 9.59 Å². The van der Waals surface area contributed by atoms with E-state index in [2.05, 4.69) is 0 Å². The third-order valence-corrected chi connectivity index (χ3v) is 7.04. The van der Waals surface area contributed by atoms with Crippen LogP contribution in [0, 0.1) is 23.7 Å². The van der Waals surface area contributed by atoms with E-state index in [1.807, 2.05) is 30.7 Å². The zero-order valence-electron chi connectivity index (χ0n) is 16.1. The number of piperidine rings is 1. The minimum atomic E-state index is 0.0793. The number of nitrogens with two attached hydrogens (primary N) is 1. The molecule has 2 aliphatic carbocycles. The van der Waals surface area contributed by atoms with Gasteiger partial charge >= 0.3 is 0 Å². The molecule has 0 spiro atoms. The van der Waals surface area contributed by atoms with Crippen molar-refractivity contribution in [1.29, 1.82) is 0 Å². The number of hydrogen-bond donors (Lipinski definition) is 1. The van der Waals surface area contributed by atoms with Crippen molar-refractivity contribution in [2.24, 2.45) is 29.4 Å². The lowest BCUT2D eigenvalue weighted by Gasteiger charge is -2.45. The van der Waals surface area contributed by atoms with Crippen LogP contribution in [0.4, 0.5) is 0 Å². The number of rotatable bonds is 3. The fourth-order valence-corrected chi connectivity index (χ4v) is 5.14. The minimum absolute atomic E-state index is 0.0793. The van der Waals surface area contributed by atoms with Crippen molar-refractivity contribution in [3.63, 3.8) is 0 Å². The highest BCUT2D eigenvalue weighted by Gasteiger charge is 2.42. The number of fused-ring (bicyclic) bond motifs is 2. The van der Waals surface area contributed by atoms with E-state index in [-0.39, 0.29) is 23.8 Å². The van der Waals surface area contributed by atoms with E-state index in [4.69, 9.17) is 5.73 Å². The van der Waals surface area contributed by atoms with E-state index in [0.29, 0.717) is 23.8 Å². The van der Waals surface area contributed by atoms with E-state index >= 15 is 0 Å². The molecule has 3 aliphatic rings. The van der Waals surface area contributed by atoms with Crippen LogP contribution in [0.15, 0.2) is 0 Å². The van der Waals surface area contributed by atoms with Crippen molar-refractivity contribution in [2.45, 2.75) is 70.9 Å². The molecular formula is C20H35N3O2. The molecule has 25 heavy (non-hydrogen) atoms. The Bertz CT molecular complexity index is 485. The summed E-state index contributed by atoms with van der Waals surface area (Å²) in [4.78, 5) is 29.4. The van der Waals surface area contributed by atoms with Crippen molar-refractivity contribution >= 4 is 11.8 Å². The molecule has 1 saturated heterocycles. The van der Waals surface area contributed by atoms with Gasteiger partial charge in [0.15, 0.2) is 0 Å². The molecule has 0 aromatic heterocycles. The number of carbonyl (C=O) groups excluding carboxylic acids is 2. The van der Waals surface area contributed by atoms with Crippen LogP contribution in [0.2, 0.25) is 0 Å². The molecule has 2 atom stereocenters. The van der Waals surface area contributed by atoms with Crippen molar-refractivity contribution in [3.05, 3.63) is 0 Å². The Morgan fingerprint density at radius 3 is 2.08 bits per heavy atom. The quantitative estimate of drug-likeness (QED) is 0.850. The van der Waals surface area contributed by atoms with Gasteiger partial charge in [-0.25, -0.2) is 0 Å². The highest BCUT2D eigenvalue weighted by Crippen LogP contribution is 2.42. The predicted molar refractivity (Wildman–Crippen MR) is 98.7 cm³/mol. The second kappa shape index (κ2) is 7.65. The number of nitrogens with zero attached hydrogens (tertiary/aromatic N) is 2. The Kier molecular flexibility index (Phi) is 5.71. The van der Waals surface area contributed by atoms with Gasteiger partial charge in [0.25, 0.3) is 0 Å². The average Bonchev–Trinajstić information content (AvgIpc) is 2.59. The summed E-state index contributed by atoms with van der Waals surface area (Å²) in [6.07, 6.45) is 7.23.